The lowest BCUT2D eigenvalue weighted by Crippen LogP contribution is -2.13. The Morgan fingerprint density at radius 3 is 1.17 bits per heavy atom. The summed E-state index contributed by atoms with van der Waals surface area (Å²) < 4.78 is 29.3. The van der Waals surface area contributed by atoms with Crippen LogP contribution in [0.25, 0.3) is 0 Å². The molecule has 7 heteroatoms. The number of halogens is 2. The summed E-state index contributed by atoms with van der Waals surface area (Å²) in [6.45, 7) is 6.66. The van der Waals surface area contributed by atoms with Crippen LogP contribution in [0.3, 0.4) is 0 Å². The van der Waals surface area contributed by atoms with E-state index in [1.54, 1.807) is 0 Å². The molecule has 0 aromatic carbocycles. The van der Waals surface area contributed by atoms with Crippen molar-refractivity contribution in [1.29, 1.82) is 0 Å². The van der Waals surface area contributed by atoms with E-state index in [2.05, 4.69) is 45.2 Å². The van der Waals surface area contributed by atoms with Gasteiger partial charge in [0.15, 0.2) is 0 Å². The predicted octanol–water partition coefficient (Wildman–Crippen LogP) is 3.50. The van der Waals surface area contributed by atoms with Crippen LogP contribution < -0.4 is 0 Å². The van der Waals surface area contributed by atoms with Crippen molar-refractivity contribution in [2.75, 3.05) is 74.9 Å². The van der Waals surface area contributed by atoms with Crippen LogP contribution in [0.4, 0.5) is 0 Å². The van der Waals surface area contributed by atoms with E-state index in [0.29, 0.717) is 52.9 Å². The second-order valence-corrected chi connectivity index (χ2v) is 7.01. The van der Waals surface area contributed by atoms with Crippen molar-refractivity contribution < 1.29 is 23.7 Å². The van der Waals surface area contributed by atoms with Gasteiger partial charge in [0.25, 0.3) is 0 Å². The summed E-state index contributed by atoms with van der Waals surface area (Å²) in [4.78, 5) is 0. The van der Waals surface area contributed by atoms with E-state index in [4.69, 9.17) is 23.7 Å². The van der Waals surface area contributed by atoms with Crippen molar-refractivity contribution in [2.24, 2.45) is 0 Å². The first-order valence-corrected chi connectivity index (χ1v) is 11.5. The number of hydrogen-bond acceptors (Lipinski definition) is 5. The van der Waals surface area contributed by atoms with Gasteiger partial charge in [0.1, 0.15) is 0 Å². The third kappa shape index (κ3) is 23.3. The molecule has 140 valence electrons. The van der Waals surface area contributed by atoms with Crippen LogP contribution in [-0.4, -0.2) is 74.9 Å². The first-order chi connectivity index (χ1) is 11.4. The van der Waals surface area contributed by atoms with Gasteiger partial charge in [0.05, 0.1) is 59.5 Å². The standard InChI is InChI=1S/C16H32I2O5/c17-5-3-1-2-4-7-19-9-11-21-13-15-23-16-14-22-12-10-20-8-6-18/h1-16H2. The number of alkyl halides is 2. The third-order valence-electron chi connectivity index (χ3n) is 2.88. The van der Waals surface area contributed by atoms with Gasteiger partial charge < -0.3 is 23.7 Å². The topological polar surface area (TPSA) is 46.2 Å². The summed E-state index contributed by atoms with van der Waals surface area (Å²) in [7, 11) is 0. The minimum absolute atomic E-state index is 0.601. The molecule has 0 radical (unpaired) electrons. The first-order valence-electron chi connectivity index (χ1n) is 8.42. The van der Waals surface area contributed by atoms with E-state index in [-0.39, 0.29) is 0 Å². The molecule has 0 aliphatic heterocycles. The van der Waals surface area contributed by atoms with Gasteiger partial charge in [0.2, 0.25) is 0 Å². The minimum Gasteiger partial charge on any atom is -0.379 e. The van der Waals surface area contributed by atoms with Gasteiger partial charge in [-0.2, -0.15) is 0 Å². The van der Waals surface area contributed by atoms with Crippen molar-refractivity contribution in [3.05, 3.63) is 0 Å². The van der Waals surface area contributed by atoms with Crippen LogP contribution in [0.2, 0.25) is 0 Å². The molecule has 0 bridgehead atoms. The molecule has 0 unspecified atom stereocenters. The Labute approximate surface area is 168 Å². The largest absolute Gasteiger partial charge is 0.379 e. The highest BCUT2D eigenvalue weighted by Gasteiger charge is 1.94. The van der Waals surface area contributed by atoms with Crippen LogP contribution in [0.1, 0.15) is 25.7 Å². The molecule has 0 heterocycles. The van der Waals surface area contributed by atoms with E-state index in [0.717, 1.165) is 24.1 Å². The molecule has 0 atom stereocenters. The highest BCUT2D eigenvalue weighted by molar-refractivity contribution is 14.1. The van der Waals surface area contributed by atoms with E-state index in [1.807, 2.05) is 0 Å². The SMILES string of the molecule is ICCCCCCOCCOCCOCCOCCOCCI. The van der Waals surface area contributed by atoms with Gasteiger partial charge in [-0.15, -0.1) is 0 Å². The summed E-state index contributed by atoms with van der Waals surface area (Å²) >= 11 is 4.71. The molecule has 23 heavy (non-hydrogen) atoms. The monoisotopic (exact) mass is 558 g/mol. The van der Waals surface area contributed by atoms with Gasteiger partial charge in [-0.25, -0.2) is 0 Å². The van der Waals surface area contributed by atoms with Crippen molar-refractivity contribution in [3.63, 3.8) is 0 Å². The highest BCUT2D eigenvalue weighted by atomic mass is 127. The Balaban J connectivity index is 2.92. The fraction of sp³-hybridized carbons (Fsp3) is 1.00. The second-order valence-electron chi connectivity index (χ2n) is 4.85. The average Bonchev–Trinajstić information content (AvgIpc) is 2.57. The lowest BCUT2D eigenvalue weighted by molar-refractivity contribution is -0.0102. The van der Waals surface area contributed by atoms with Gasteiger partial charge in [-0.05, 0) is 17.3 Å². The molecule has 0 rings (SSSR count). The number of hydrogen-bond donors (Lipinski definition) is 0. The Hall–Kier alpha value is 1.26. The maximum atomic E-state index is 5.51. The maximum Gasteiger partial charge on any atom is 0.0701 e. The lowest BCUT2D eigenvalue weighted by atomic mass is 10.2. The van der Waals surface area contributed by atoms with E-state index in [9.17, 15) is 0 Å². The smallest absolute Gasteiger partial charge is 0.0701 e. The fourth-order valence-corrected chi connectivity index (χ4v) is 2.54. The lowest BCUT2D eigenvalue weighted by Gasteiger charge is -2.07. The van der Waals surface area contributed by atoms with Crippen LogP contribution in [-0.2, 0) is 23.7 Å². The normalized spacial score (nSPS) is 11.2. The summed E-state index contributed by atoms with van der Waals surface area (Å²) in [6, 6.07) is 0. The van der Waals surface area contributed by atoms with E-state index >= 15 is 0 Å². The molecule has 5 nitrogen and oxygen atoms in total. The van der Waals surface area contributed by atoms with Gasteiger partial charge in [0, 0.05) is 11.0 Å². The molecule has 0 amide bonds. The molecule has 0 aromatic heterocycles. The maximum absolute atomic E-state index is 5.51. The molecule has 0 N–H and O–H groups in total. The number of unbranched alkanes of at least 4 members (excludes halogenated alkanes) is 3. The zero-order valence-corrected chi connectivity index (χ0v) is 18.4. The molecule has 0 saturated carbocycles. The third-order valence-corrected chi connectivity index (χ3v) is 4.09. The minimum atomic E-state index is 0.601. The molecule has 0 aromatic rings. The van der Waals surface area contributed by atoms with Crippen LogP contribution in [0.15, 0.2) is 0 Å². The second kappa shape index (κ2) is 23.3. The molecule has 0 spiro atoms. The zero-order valence-electron chi connectivity index (χ0n) is 14.1. The Morgan fingerprint density at radius 2 is 0.739 bits per heavy atom. The van der Waals surface area contributed by atoms with Gasteiger partial charge in [-0.3, -0.25) is 0 Å². The van der Waals surface area contributed by atoms with Crippen molar-refractivity contribution >= 4 is 45.2 Å². The fourth-order valence-electron chi connectivity index (χ4n) is 1.69. The zero-order chi connectivity index (χ0) is 16.8. The summed E-state index contributed by atoms with van der Waals surface area (Å²) in [6.07, 6.45) is 5.06. The van der Waals surface area contributed by atoms with Gasteiger partial charge in [-0.1, -0.05) is 58.0 Å². The Morgan fingerprint density at radius 1 is 0.348 bits per heavy atom. The van der Waals surface area contributed by atoms with Crippen molar-refractivity contribution in [2.45, 2.75) is 25.7 Å². The molecule has 0 aliphatic rings. The average molecular weight is 558 g/mol. The quantitative estimate of drug-likeness (QED) is 0.130. The molecule has 0 fully saturated rings. The van der Waals surface area contributed by atoms with Gasteiger partial charge >= 0.3 is 0 Å². The molecule has 0 aliphatic carbocycles. The van der Waals surface area contributed by atoms with Crippen LogP contribution >= 0.6 is 45.2 Å². The number of ether oxygens (including phenoxy) is 5. The van der Waals surface area contributed by atoms with Crippen LogP contribution in [0, 0.1) is 0 Å². The summed E-state index contributed by atoms with van der Waals surface area (Å²) in [5.41, 5.74) is 0. The Kier molecular flexibility index (Phi) is 24.5. The molecular weight excluding hydrogens is 526 g/mol. The Bertz CT molecular complexity index is 191. The summed E-state index contributed by atoms with van der Waals surface area (Å²) in [5, 5.41) is 0. The van der Waals surface area contributed by atoms with Crippen LogP contribution in [0.5, 0.6) is 0 Å². The highest BCUT2D eigenvalue weighted by Crippen LogP contribution is 2.02. The van der Waals surface area contributed by atoms with Crippen molar-refractivity contribution in [3.8, 4) is 0 Å². The van der Waals surface area contributed by atoms with Crippen molar-refractivity contribution in [1.82, 2.24) is 0 Å². The summed E-state index contributed by atoms with van der Waals surface area (Å²) in [5.74, 6) is 0. The first kappa shape index (κ1) is 24.3. The van der Waals surface area contributed by atoms with E-state index < -0.39 is 0 Å². The number of rotatable bonds is 20. The molecule has 0 saturated heterocycles. The molecular formula is C16H32I2O5. The predicted molar refractivity (Wildman–Crippen MR) is 110 cm³/mol. The van der Waals surface area contributed by atoms with E-state index in [1.165, 1.54) is 23.7 Å².